The van der Waals surface area contributed by atoms with Gasteiger partial charge in [0.1, 0.15) is 0 Å². The number of ether oxygens (including phenoxy) is 2. The Hall–Kier alpha value is -5.84. The Morgan fingerprint density at radius 1 is 0.415 bits per heavy atom. The fourth-order valence-electron chi connectivity index (χ4n) is 8.92. The van der Waals surface area contributed by atoms with Gasteiger partial charge in [-0.25, -0.2) is 0 Å². The van der Waals surface area contributed by atoms with Crippen LogP contribution in [0.3, 0.4) is 0 Å². The molecule has 1 aromatic heterocycles. The molecular formula is C48H31BO2SeSi. The molecule has 0 radical (unpaired) electrons. The van der Waals surface area contributed by atoms with Gasteiger partial charge in [-0.3, -0.25) is 0 Å². The normalized spacial score (nSPS) is 12.8. The molecule has 2 aliphatic rings. The minimum atomic E-state index is -2.72. The molecule has 2 nitrogen and oxygen atoms in total. The second-order valence-corrected chi connectivity index (χ2v) is 19.8. The summed E-state index contributed by atoms with van der Waals surface area (Å²) >= 11 is 0.0467. The van der Waals surface area contributed by atoms with Crippen molar-refractivity contribution < 1.29 is 9.47 Å². The first-order valence-electron chi connectivity index (χ1n) is 18.1. The van der Waals surface area contributed by atoms with Crippen LogP contribution in [-0.4, -0.2) is 29.3 Å². The molecule has 0 saturated carbocycles. The molecule has 8 aromatic carbocycles. The number of fused-ring (bicyclic) bond motifs is 7. The summed E-state index contributed by atoms with van der Waals surface area (Å²) in [6.45, 7) is 0.0634. The molecule has 0 fully saturated rings. The van der Waals surface area contributed by atoms with Gasteiger partial charge in [-0.1, -0.05) is 0 Å². The van der Waals surface area contributed by atoms with E-state index in [4.69, 9.17) is 9.47 Å². The van der Waals surface area contributed by atoms with E-state index in [1.54, 1.807) is 0 Å². The van der Waals surface area contributed by atoms with Gasteiger partial charge in [0.15, 0.2) is 0 Å². The van der Waals surface area contributed by atoms with Crippen molar-refractivity contribution in [3.05, 3.63) is 188 Å². The van der Waals surface area contributed by atoms with Crippen molar-refractivity contribution in [1.29, 1.82) is 0 Å². The van der Waals surface area contributed by atoms with E-state index in [2.05, 4.69) is 188 Å². The Balaban J connectivity index is 1.17. The van der Waals surface area contributed by atoms with Crippen molar-refractivity contribution in [3.63, 3.8) is 0 Å². The summed E-state index contributed by atoms with van der Waals surface area (Å²) in [5.74, 6) is 3.57. The molecule has 11 rings (SSSR count). The molecule has 9 aromatic rings. The molecule has 2 aliphatic heterocycles. The summed E-state index contributed by atoms with van der Waals surface area (Å²) in [4.78, 5) is 0. The van der Waals surface area contributed by atoms with Crippen LogP contribution in [-0.2, 0) is 0 Å². The monoisotopic (exact) mass is 758 g/mol. The van der Waals surface area contributed by atoms with Gasteiger partial charge < -0.3 is 0 Å². The summed E-state index contributed by atoms with van der Waals surface area (Å²) < 4.78 is 16.3. The molecule has 248 valence electrons. The van der Waals surface area contributed by atoms with Crippen molar-refractivity contribution in [2.45, 2.75) is 0 Å². The fourth-order valence-corrected chi connectivity index (χ4v) is 17.6. The number of benzene rings is 8. The topological polar surface area (TPSA) is 18.5 Å². The molecule has 0 saturated heterocycles. The van der Waals surface area contributed by atoms with Crippen LogP contribution in [0, 0.1) is 0 Å². The third-order valence-corrected chi connectivity index (χ3v) is 19.1. The summed E-state index contributed by atoms with van der Waals surface area (Å²) in [5, 5.41) is 8.36. The van der Waals surface area contributed by atoms with Crippen LogP contribution in [0.5, 0.6) is 23.0 Å². The number of para-hydroxylation sites is 2. The zero-order valence-electron chi connectivity index (χ0n) is 28.7. The third kappa shape index (κ3) is 4.58. The van der Waals surface area contributed by atoms with Crippen molar-refractivity contribution in [1.82, 2.24) is 0 Å². The minimum absolute atomic E-state index is 0.0467. The molecule has 0 unspecified atom stereocenters. The van der Waals surface area contributed by atoms with Crippen LogP contribution in [0.2, 0.25) is 0 Å². The van der Waals surface area contributed by atoms with E-state index in [1.807, 2.05) is 0 Å². The van der Waals surface area contributed by atoms with Gasteiger partial charge in [-0.2, -0.15) is 0 Å². The SMILES string of the molecule is c1ccc([Si](c2ccccc2)(c2ccccc2)c2cccc3c2[se]c2c(-c4cc5c6c(c4)Oc4ccccc4B6c4ccccc4O5)cccc23)cc1. The number of hydrogen-bond donors (Lipinski definition) is 0. The van der Waals surface area contributed by atoms with E-state index in [9.17, 15) is 0 Å². The van der Waals surface area contributed by atoms with Gasteiger partial charge in [0, 0.05) is 0 Å². The van der Waals surface area contributed by atoms with Crippen molar-refractivity contribution >= 4 is 85.7 Å². The Kier molecular flexibility index (Phi) is 7.03. The first-order valence-corrected chi connectivity index (χ1v) is 21.8. The average molecular weight is 758 g/mol. The summed E-state index contributed by atoms with van der Waals surface area (Å²) in [5.41, 5.74) is 5.84. The van der Waals surface area contributed by atoms with Crippen LogP contribution >= 0.6 is 0 Å². The van der Waals surface area contributed by atoms with Gasteiger partial charge >= 0.3 is 317 Å². The first-order chi connectivity index (χ1) is 26.3. The van der Waals surface area contributed by atoms with Gasteiger partial charge in [0.05, 0.1) is 0 Å². The first kappa shape index (κ1) is 30.8. The predicted molar refractivity (Wildman–Crippen MR) is 225 cm³/mol. The molecule has 5 heteroatoms. The Bertz CT molecular complexity index is 2690. The van der Waals surface area contributed by atoms with E-state index in [-0.39, 0.29) is 21.2 Å². The van der Waals surface area contributed by atoms with Gasteiger partial charge in [0.25, 0.3) is 0 Å². The molecule has 3 heterocycles. The summed E-state index contributed by atoms with van der Waals surface area (Å²) in [7, 11) is -2.72. The molecule has 0 amide bonds. The molecule has 0 spiro atoms. The van der Waals surface area contributed by atoms with Crippen LogP contribution in [0.1, 0.15) is 0 Å². The maximum absolute atomic E-state index is 6.72. The molecule has 0 bridgehead atoms. The standard InChI is InChI=1S/C48H31BO2SeSi/c1-4-16-33(17-5-1)53(34-18-6-2-7-19-34,35-20-8-3-9-21-35)45-29-15-24-38-37-23-14-22-36(47(37)52-48(38)45)32-30-43-46-44(31-32)51-42-28-13-11-26-40(42)49(46)39-25-10-12-27-41(39)50-43/h1-31H. The zero-order chi connectivity index (χ0) is 34.9. The van der Waals surface area contributed by atoms with Crippen molar-refractivity contribution in [3.8, 4) is 34.1 Å². The summed E-state index contributed by atoms with van der Waals surface area (Å²) in [6, 6.07) is 69.1. The molecule has 0 aliphatic carbocycles. The van der Waals surface area contributed by atoms with Crippen LogP contribution in [0.4, 0.5) is 0 Å². The Morgan fingerprint density at radius 2 is 0.887 bits per heavy atom. The average Bonchev–Trinajstić information content (AvgIpc) is 3.62. The second kappa shape index (κ2) is 12.1. The number of hydrogen-bond acceptors (Lipinski definition) is 2. The van der Waals surface area contributed by atoms with Crippen LogP contribution in [0.25, 0.3) is 30.4 Å². The van der Waals surface area contributed by atoms with E-state index in [1.165, 1.54) is 56.5 Å². The molecular weight excluding hydrogens is 726 g/mol. The van der Waals surface area contributed by atoms with Crippen molar-refractivity contribution in [2.75, 3.05) is 0 Å². The third-order valence-electron chi connectivity index (χ3n) is 11.2. The Labute approximate surface area is 315 Å². The second-order valence-electron chi connectivity index (χ2n) is 13.9. The molecule has 53 heavy (non-hydrogen) atoms. The maximum atomic E-state index is 6.72. The quantitative estimate of drug-likeness (QED) is 0.142. The Morgan fingerprint density at radius 3 is 1.43 bits per heavy atom. The van der Waals surface area contributed by atoms with E-state index >= 15 is 0 Å². The van der Waals surface area contributed by atoms with Gasteiger partial charge in [-0.05, 0) is 0 Å². The van der Waals surface area contributed by atoms with E-state index in [0.29, 0.717) is 0 Å². The number of rotatable bonds is 5. The predicted octanol–water partition coefficient (Wildman–Crippen LogP) is 6.82. The zero-order valence-corrected chi connectivity index (χ0v) is 31.4. The van der Waals surface area contributed by atoms with Crippen LogP contribution < -0.4 is 46.6 Å². The van der Waals surface area contributed by atoms with Gasteiger partial charge in [-0.15, -0.1) is 0 Å². The van der Waals surface area contributed by atoms with Crippen LogP contribution in [0.15, 0.2) is 188 Å². The molecule has 0 N–H and O–H groups in total. The molecule has 0 atom stereocenters. The summed E-state index contributed by atoms with van der Waals surface area (Å²) in [6.07, 6.45) is 0. The van der Waals surface area contributed by atoms with Crippen molar-refractivity contribution in [2.24, 2.45) is 0 Å². The van der Waals surface area contributed by atoms with Gasteiger partial charge in [0.2, 0.25) is 0 Å². The van der Waals surface area contributed by atoms with E-state index < -0.39 is 8.07 Å². The fraction of sp³-hybridized carbons (Fsp3) is 0. The van der Waals surface area contributed by atoms with E-state index in [0.717, 1.165) is 34.0 Å².